The summed E-state index contributed by atoms with van der Waals surface area (Å²) in [5, 5.41) is 10.2. The maximum absolute atomic E-state index is 12.7. The van der Waals surface area contributed by atoms with Crippen molar-refractivity contribution in [1.29, 1.82) is 0 Å². The number of benzene rings is 1. The first-order valence-electron chi connectivity index (χ1n) is 8.49. The Morgan fingerprint density at radius 2 is 1.96 bits per heavy atom. The fraction of sp³-hybridized carbons (Fsp3) is 0.250. The molecule has 0 saturated heterocycles. The Morgan fingerprint density at radius 3 is 2.68 bits per heavy atom. The van der Waals surface area contributed by atoms with Crippen LogP contribution in [0.5, 0.6) is 0 Å². The number of aromatic amines is 1. The van der Waals surface area contributed by atoms with Gasteiger partial charge in [-0.2, -0.15) is 5.10 Å². The zero-order chi connectivity index (χ0) is 17.6. The molecule has 3 aromatic rings. The number of hydrogen-bond acceptors (Lipinski definition) is 3. The van der Waals surface area contributed by atoms with Gasteiger partial charge < -0.3 is 5.32 Å². The zero-order valence-electron chi connectivity index (χ0n) is 14.5. The minimum Gasteiger partial charge on any atom is -0.340 e. The van der Waals surface area contributed by atoms with E-state index in [0.29, 0.717) is 5.69 Å². The van der Waals surface area contributed by atoms with Gasteiger partial charge in [-0.15, -0.1) is 0 Å². The summed E-state index contributed by atoms with van der Waals surface area (Å²) in [4.78, 5) is 16.8. The van der Waals surface area contributed by atoms with Crippen molar-refractivity contribution in [3.05, 3.63) is 82.9 Å². The van der Waals surface area contributed by atoms with E-state index in [9.17, 15) is 4.79 Å². The summed E-state index contributed by atoms with van der Waals surface area (Å²) in [7, 11) is 0. The highest BCUT2D eigenvalue weighted by Gasteiger charge is 2.20. The fourth-order valence-corrected chi connectivity index (χ4v) is 2.89. The van der Waals surface area contributed by atoms with Gasteiger partial charge in [0, 0.05) is 18.1 Å². The van der Waals surface area contributed by atoms with Gasteiger partial charge in [-0.25, -0.2) is 0 Å². The molecule has 2 heterocycles. The topological polar surface area (TPSA) is 70.7 Å². The molecular formula is C20H22N4O. The molecule has 0 saturated carbocycles. The molecule has 0 aliphatic carbocycles. The molecule has 5 heteroatoms. The number of amides is 1. The quantitative estimate of drug-likeness (QED) is 0.724. The summed E-state index contributed by atoms with van der Waals surface area (Å²) in [6, 6.07) is 13.5. The monoisotopic (exact) mass is 334 g/mol. The lowest BCUT2D eigenvalue weighted by Crippen LogP contribution is -2.30. The molecule has 0 fully saturated rings. The normalized spacial score (nSPS) is 11.9. The number of pyridine rings is 1. The summed E-state index contributed by atoms with van der Waals surface area (Å²) in [5.74, 6) is -0.191. The van der Waals surface area contributed by atoms with Gasteiger partial charge in [-0.1, -0.05) is 37.6 Å². The predicted molar refractivity (Wildman–Crippen MR) is 97.3 cm³/mol. The van der Waals surface area contributed by atoms with E-state index in [2.05, 4.69) is 27.4 Å². The first-order chi connectivity index (χ1) is 12.2. The second-order valence-electron chi connectivity index (χ2n) is 6.07. The summed E-state index contributed by atoms with van der Waals surface area (Å²) in [5.41, 5.74) is 4.56. The molecule has 0 radical (unpaired) electrons. The van der Waals surface area contributed by atoms with E-state index in [1.165, 1.54) is 0 Å². The second kappa shape index (κ2) is 7.75. The summed E-state index contributed by atoms with van der Waals surface area (Å²) < 4.78 is 0. The van der Waals surface area contributed by atoms with Crippen molar-refractivity contribution in [2.45, 2.75) is 32.7 Å². The van der Waals surface area contributed by atoms with Crippen LogP contribution in [0.1, 0.15) is 52.3 Å². The molecule has 0 spiro atoms. The van der Waals surface area contributed by atoms with Crippen molar-refractivity contribution in [1.82, 2.24) is 20.5 Å². The van der Waals surface area contributed by atoms with Crippen LogP contribution < -0.4 is 5.32 Å². The standard InChI is InChI=1S/C20H22N4O/c1-3-6-16-13-18(24-23-16)20(25)22-19(15-9-11-21-12-10-15)17-8-5-4-7-14(17)2/h4-5,7-13,19H,3,6H2,1-2H3,(H,22,25)(H,23,24)/t19-/m0/s1. The van der Waals surface area contributed by atoms with Crippen LogP contribution in [-0.2, 0) is 6.42 Å². The number of nitrogens with one attached hydrogen (secondary N) is 2. The van der Waals surface area contributed by atoms with Gasteiger partial charge in [0.15, 0.2) is 0 Å². The minimum absolute atomic E-state index is 0.191. The molecule has 128 valence electrons. The van der Waals surface area contributed by atoms with Crippen LogP contribution in [0.2, 0.25) is 0 Å². The molecule has 1 atom stereocenters. The molecule has 2 aromatic heterocycles. The number of aryl methyl sites for hydroxylation is 2. The van der Waals surface area contributed by atoms with Gasteiger partial charge in [0.25, 0.3) is 5.91 Å². The number of nitrogens with zero attached hydrogens (tertiary/aromatic N) is 2. The number of carbonyl (C=O) groups excluding carboxylic acids is 1. The maximum atomic E-state index is 12.7. The average Bonchev–Trinajstić information content (AvgIpc) is 3.10. The zero-order valence-corrected chi connectivity index (χ0v) is 14.5. The van der Waals surface area contributed by atoms with Crippen molar-refractivity contribution < 1.29 is 4.79 Å². The first-order valence-corrected chi connectivity index (χ1v) is 8.49. The van der Waals surface area contributed by atoms with Gasteiger partial charge in [0.1, 0.15) is 5.69 Å². The molecule has 0 unspecified atom stereocenters. The van der Waals surface area contributed by atoms with Gasteiger partial charge in [0.05, 0.1) is 6.04 Å². The van der Waals surface area contributed by atoms with E-state index >= 15 is 0 Å². The van der Waals surface area contributed by atoms with Crippen molar-refractivity contribution in [2.24, 2.45) is 0 Å². The number of hydrogen-bond donors (Lipinski definition) is 2. The lowest BCUT2D eigenvalue weighted by molar-refractivity contribution is 0.0938. The lowest BCUT2D eigenvalue weighted by atomic mass is 9.95. The predicted octanol–water partition coefficient (Wildman–Crippen LogP) is 3.59. The maximum Gasteiger partial charge on any atom is 0.272 e. The van der Waals surface area contributed by atoms with E-state index in [4.69, 9.17) is 0 Å². The third-order valence-electron chi connectivity index (χ3n) is 4.20. The second-order valence-corrected chi connectivity index (χ2v) is 6.07. The highest BCUT2D eigenvalue weighted by molar-refractivity contribution is 5.92. The molecule has 2 N–H and O–H groups in total. The fourth-order valence-electron chi connectivity index (χ4n) is 2.89. The highest BCUT2D eigenvalue weighted by atomic mass is 16.2. The van der Waals surface area contributed by atoms with Crippen molar-refractivity contribution in [3.8, 4) is 0 Å². The van der Waals surface area contributed by atoms with Crippen LogP contribution in [0.15, 0.2) is 54.9 Å². The molecule has 3 rings (SSSR count). The van der Waals surface area contributed by atoms with Crippen LogP contribution in [-0.4, -0.2) is 21.1 Å². The van der Waals surface area contributed by atoms with Crippen LogP contribution in [0.25, 0.3) is 0 Å². The summed E-state index contributed by atoms with van der Waals surface area (Å²) >= 11 is 0. The van der Waals surface area contributed by atoms with Crippen LogP contribution >= 0.6 is 0 Å². The Bertz CT molecular complexity index is 842. The van der Waals surface area contributed by atoms with E-state index in [1.54, 1.807) is 12.4 Å². The molecule has 1 aromatic carbocycles. The highest BCUT2D eigenvalue weighted by Crippen LogP contribution is 2.24. The van der Waals surface area contributed by atoms with Crippen LogP contribution in [0, 0.1) is 6.92 Å². The smallest absolute Gasteiger partial charge is 0.272 e. The molecule has 25 heavy (non-hydrogen) atoms. The van der Waals surface area contributed by atoms with Crippen molar-refractivity contribution >= 4 is 5.91 Å². The van der Waals surface area contributed by atoms with Crippen molar-refractivity contribution in [3.63, 3.8) is 0 Å². The Hall–Kier alpha value is -2.95. The Balaban J connectivity index is 1.90. The SMILES string of the molecule is CCCc1cc(C(=O)N[C@@H](c2ccncc2)c2ccccc2C)n[nH]1. The third-order valence-corrected chi connectivity index (χ3v) is 4.20. The molecule has 0 aliphatic heterocycles. The number of rotatable bonds is 6. The Morgan fingerprint density at radius 1 is 1.20 bits per heavy atom. The third kappa shape index (κ3) is 3.94. The van der Waals surface area contributed by atoms with Gasteiger partial charge in [-0.05, 0) is 48.2 Å². The number of aromatic nitrogens is 3. The molecule has 5 nitrogen and oxygen atoms in total. The Kier molecular flexibility index (Phi) is 5.23. The minimum atomic E-state index is -0.247. The van der Waals surface area contributed by atoms with Gasteiger partial charge >= 0.3 is 0 Å². The van der Waals surface area contributed by atoms with E-state index < -0.39 is 0 Å². The lowest BCUT2D eigenvalue weighted by Gasteiger charge is -2.21. The molecular weight excluding hydrogens is 312 g/mol. The first kappa shape index (κ1) is 16.9. The van der Waals surface area contributed by atoms with Crippen LogP contribution in [0.4, 0.5) is 0 Å². The molecule has 0 bridgehead atoms. The van der Waals surface area contributed by atoms with Crippen molar-refractivity contribution in [2.75, 3.05) is 0 Å². The van der Waals surface area contributed by atoms with Gasteiger partial charge in [-0.3, -0.25) is 14.9 Å². The summed E-state index contributed by atoms with van der Waals surface area (Å²) in [6.45, 7) is 4.14. The van der Waals surface area contributed by atoms with E-state index in [-0.39, 0.29) is 11.9 Å². The summed E-state index contributed by atoms with van der Waals surface area (Å²) in [6.07, 6.45) is 5.36. The van der Waals surface area contributed by atoms with Crippen LogP contribution in [0.3, 0.4) is 0 Å². The van der Waals surface area contributed by atoms with E-state index in [0.717, 1.165) is 35.2 Å². The largest absolute Gasteiger partial charge is 0.340 e. The Labute approximate surface area is 147 Å². The average molecular weight is 334 g/mol. The molecule has 0 aliphatic rings. The van der Waals surface area contributed by atoms with Gasteiger partial charge in [0.2, 0.25) is 0 Å². The van der Waals surface area contributed by atoms with E-state index in [1.807, 2.05) is 49.4 Å². The number of H-pyrrole nitrogens is 1. The molecule has 1 amide bonds. The number of carbonyl (C=O) groups is 1.